The van der Waals surface area contributed by atoms with Gasteiger partial charge in [0.1, 0.15) is 11.0 Å². The number of benzene rings is 1. The van der Waals surface area contributed by atoms with Crippen molar-refractivity contribution in [1.29, 1.82) is 0 Å². The van der Waals surface area contributed by atoms with E-state index in [2.05, 4.69) is 9.97 Å². The normalized spacial score (nSPS) is 10.3. The first-order valence-corrected chi connectivity index (χ1v) is 6.76. The highest BCUT2D eigenvalue weighted by Gasteiger charge is 2.10. The van der Waals surface area contributed by atoms with Gasteiger partial charge in [0.05, 0.1) is 13.0 Å². The van der Waals surface area contributed by atoms with Crippen LogP contribution in [0.5, 0.6) is 0 Å². The predicted molar refractivity (Wildman–Crippen MR) is 76.6 cm³/mol. The van der Waals surface area contributed by atoms with Gasteiger partial charge in [-0.25, -0.2) is 9.97 Å². The molecule has 1 heterocycles. The van der Waals surface area contributed by atoms with E-state index >= 15 is 0 Å². The standard InChI is InChI=1S/C15H15ClN2O2/c1-2-20-14(19)9-12-10-17-13(18-15(12)16)8-11-6-4-3-5-7-11/h3-7,10H,2,8-9H2,1H3. The summed E-state index contributed by atoms with van der Waals surface area (Å²) in [5.74, 6) is 0.308. The highest BCUT2D eigenvalue weighted by atomic mass is 35.5. The van der Waals surface area contributed by atoms with Gasteiger partial charge in [0.15, 0.2) is 0 Å². The molecule has 5 heteroatoms. The molecule has 0 aliphatic heterocycles. The van der Waals surface area contributed by atoms with Crippen molar-refractivity contribution in [2.75, 3.05) is 6.61 Å². The minimum Gasteiger partial charge on any atom is -0.466 e. The fourth-order valence-electron chi connectivity index (χ4n) is 1.77. The van der Waals surface area contributed by atoms with Crippen molar-refractivity contribution in [3.63, 3.8) is 0 Å². The molecule has 0 aliphatic carbocycles. The van der Waals surface area contributed by atoms with Gasteiger partial charge in [0, 0.05) is 18.2 Å². The molecule has 20 heavy (non-hydrogen) atoms. The summed E-state index contributed by atoms with van der Waals surface area (Å²) in [5.41, 5.74) is 1.70. The molecule has 0 radical (unpaired) electrons. The Kier molecular flexibility index (Phi) is 5.07. The predicted octanol–water partition coefficient (Wildman–Crippen LogP) is 2.83. The number of esters is 1. The smallest absolute Gasteiger partial charge is 0.310 e. The van der Waals surface area contributed by atoms with E-state index in [1.165, 1.54) is 0 Å². The van der Waals surface area contributed by atoms with Crippen molar-refractivity contribution in [3.8, 4) is 0 Å². The number of hydrogen-bond acceptors (Lipinski definition) is 4. The molecular formula is C15H15ClN2O2. The summed E-state index contributed by atoms with van der Waals surface area (Å²) in [5, 5.41) is 0.305. The van der Waals surface area contributed by atoms with Crippen molar-refractivity contribution in [1.82, 2.24) is 9.97 Å². The lowest BCUT2D eigenvalue weighted by molar-refractivity contribution is -0.142. The largest absolute Gasteiger partial charge is 0.466 e. The van der Waals surface area contributed by atoms with Crippen LogP contribution in [-0.2, 0) is 22.4 Å². The average Bonchev–Trinajstić information content (AvgIpc) is 2.43. The van der Waals surface area contributed by atoms with Crippen LogP contribution >= 0.6 is 11.6 Å². The maximum Gasteiger partial charge on any atom is 0.310 e. The molecule has 0 amide bonds. The molecule has 0 spiro atoms. The Labute approximate surface area is 122 Å². The van der Waals surface area contributed by atoms with E-state index in [9.17, 15) is 4.79 Å². The SMILES string of the molecule is CCOC(=O)Cc1cnc(Cc2ccccc2)nc1Cl. The summed E-state index contributed by atoms with van der Waals surface area (Å²) >= 11 is 6.08. The van der Waals surface area contributed by atoms with Crippen LogP contribution in [-0.4, -0.2) is 22.5 Å². The molecule has 0 aliphatic rings. The quantitative estimate of drug-likeness (QED) is 0.628. The van der Waals surface area contributed by atoms with Gasteiger partial charge in [-0.1, -0.05) is 41.9 Å². The highest BCUT2D eigenvalue weighted by Crippen LogP contribution is 2.15. The van der Waals surface area contributed by atoms with Gasteiger partial charge < -0.3 is 4.74 Å². The number of hydrogen-bond donors (Lipinski definition) is 0. The van der Waals surface area contributed by atoms with Crippen molar-refractivity contribution >= 4 is 17.6 Å². The lowest BCUT2D eigenvalue weighted by Gasteiger charge is -2.05. The van der Waals surface area contributed by atoms with Crippen LogP contribution in [0.4, 0.5) is 0 Å². The Hall–Kier alpha value is -1.94. The Balaban J connectivity index is 2.08. The van der Waals surface area contributed by atoms with Gasteiger partial charge in [-0.05, 0) is 12.5 Å². The summed E-state index contributed by atoms with van der Waals surface area (Å²) in [6.07, 6.45) is 2.29. The van der Waals surface area contributed by atoms with E-state index in [0.29, 0.717) is 29.6 Å². The first-order valence-electron chi connectivity index (χ1n) is 6.39. The Morgan fingerprint density at radius 3 is 2.70 bits per heavy atom. The minimum absolute atomic E-state index is 0.0955. The first kappa shape index (κ1) is 14.5. The summed E-state index contributed by atoms with van der Waals surface area (Å²) in [6.45, 7) is 2.11. The van der Waals surface area contributed by atoms with Crippen LogP contribution in [0.15, 0.2) is 36.5 Å². The molecule has 0 atom stereocenters. The Bertz CT molecular complexity index is 588. The zero-order valence-corrected chi connectivity index (χ0v) is 11.9. The number of carbonyl (C=O) groups excluding carboxylic acids is 1. The van der Waals surface area contributed by atoms with Gasteiger partial charge >= 0.3 is 5.97 Å². The van der Waals surface area contributed by atoms with Gasteiger partial charge in [-0.3, -0.25) is 4.79 Å². The van der Waals surface area contributed by atoms with Crippen molar-refractivity contribution in [3.05, 3.63) is 58.6 Å². The topological polar surface area (TPSA) is 52.1 Å². The van der Waals surface area contributed by atoms with E-state index in [1.807, 2.05) is 30.3 Å². The highest BCUT2D eigenvalue weighted by molar-refractivity contribution is 6.30. The third kappa shape index (κ3) is 4.03. The van der Waals surface area contributed by atoms with Crippen LogP contribution in [0.1, 0.15) is 23.9 Å². The second-order valence-corrected chi connectivity index (χ2v) is 4.60. The fourth-order valence-corrected chi connectivity index (χ4v) is 1.98. The summed E-state index contributed by atoms with van der Waals surface area (Å²) in [6, 6.07) is 9.89. The third-order valence-corrected chi connectivity index (χ3v) is 3.03. The molecule has 1 aromatic carbocycles. The number of ether oxygens (including phenoxy) is 1. The second kappa shape index (κ2) is 7.01. The molecule has 1 aromatic heterocycles. The van der Waals surface area contributed by atoms with Crippen molar-refractivity contribution in [2.24, 2.45) is 0 Å². The molecule has 4 nitrogen and oxygen atoms in total. The van der Waals surface area contributed by atoms with Gasteiger partial charge in [0.25, 0.3) is 0 Å². The van der Waals surface area contributed by atoms with Crippen LogP contribution in [0.2, 0.25) is 5.15 Å². The first-order chi connectivity index (χ1) is 9.69. The number of nitrogens with zero attached hydrogens (tertiary/aromatic N) is 2. The molecule has 0 saturated heterocycles. The van der Waals surface area contributed by atoms with Gasteiger partial charge in [-0.2, -0.15) is 0 Å². The molecule has 0 fully saturated rings. The van der Waals surface area contributed by atoms with E-state index in [-0.39, 0.29) is 12.4 Å². The maximum absolute atomic E-state index is 11.4. The zero-order valence-electron chi connectivity index (χ0n) is 11.2. The zero-order chi connectivity index (χ0) is 14.4. The van der Waals surface area contributed by atoms with E-state index in [0.717, 1.165) is 5.56 Å². The van der Waals surface area contributed by atoms with Crippen LogP contribution < -0.4 is 0 Å². The van der Waals surface area contributed by atoms with Crippen LogP contribution in [0.25, 0.3) is 0 Å². The molecule has 0 N–H and O–H groups in total. The molecular weight excluding hydrogens is 276 g/mol. The lowest BCUT2D eigenvalue weighted by Crippen LogP contribution is -2.09. The Morgan fingerprint density at radius 2 is 2.05 bits per heavy atom. The van der Waals surface area contributed by atoms with E-state index in [1.54, 1.807) is 13.1 Å². The molecule has 2 aromatic rings. The molecule has 104 valence electrons. The maximum atomic E-state index is 11.4. The monoisotopic (exact) mass is 290 g/mol. The fraction of sp³-hybridized carbons (Fsp3) is 0.267. The second-order valence-electron chi connectivity index (χ2n) is 4.25. The molecule has 2 rings (SSSR count). The Morgan fingerprint density at radius 1 is 1.30 bits per heavy atom. The van der Waals surface area contributed by atoms with Gasteiger partial charge in [0.2, 0.25) is 0 Å². The lowest BCUT2D eigenvalue weighted by atomic mass is 10.1. The molecule has 0 bridgehead atoms. The molecule has 0 saturated carbocycles. The van der Waals surface area contributed by atoms with Gasteiger partial charge in [-0.15, -0.1) is 0 Å². The number of halogens is 1. The summed E-state index contributed by atoms with van der Waals surface area (Å²) < 4.78 is 4.87. The number of rotatable bonds is 5. The van der Waals surface area contributed by atoms with Crippen LogP contribution in [0.3, 0.4) is 0 Å². The summed E-state index contributed by atoms with van der Waals surface area (Å²) in [7, 11) is 0. The average molecular weight is 291 g/mol. The van der Waals surface area contributed by atoms with Crippen molar-refractivity contribution < 1.29 is 9.53 Å². The van der Waals surface area contributed by atoms with Crippen LogP contribution in [0, 0.1) is 0 Å². The van der Waals surface area contributed by atoms with Crippen molar-refractivity contribution in [2.45, 2.75) is 19.8 Å². The van der Waals surface area contributed by atoms with E-state index < -0.39 is 0 Å². The third-order valence-electron chi connectivity index (χ3n) is 2.71. The minimum atomic E-state index is -0.325. The molecule has 0 unspecified atom stereocenters. The summed E-state index contributed by atoms with van der Waals surface area (Å²) in [4.78, 5) is 19.9. The van der Waals surface area contributed by atoms with E-state index in [4.69, 9.17) is 16.3 Å². The number of carbonyl (C=O) groups is 1. The number of aromatic nitrogens is 2.